The number of alkyl halides is 3. The molecule has 0 saturated carbocycles. The predicted octanol–water partition coefficient (Wildman–Crippen LogP) is 4.00. The molecule has 1 aromatic rings. The van der Waals surface area contributed by atoms with E-state index in [2.05, 4.69) is 27.2 Å². The van der Waals surface area contributed by atoms with Crippen LogP contribution >= 0.6 is 15.9 Å². The van der Waals surface area contributed by atoms with Gasteiger partial charge < -0.3 is 5.32 Å². The number of hydrogen-bond acceptors (Lipinski definition) is 1. The molecule has 0 fully saturated rings. The number of rotatable bonds is 5. The average Bonchev–Trinajstić information content (AvgIpc) is 2.37. The fourth-order valence-corrected chi connectivity index (χ4v) is 2.01. The zero-order valence-corrected chi connectivity index (χ0v) is 12.1. The molecule has 0 heterocycles. The largest absolute Gasteiger partial charge is 0.417 e. The lowest BCUT2D eigenvalue weighted by atomic mass is 10.1. The Morgan fingerprint density at radius 2 is 2.05 bits per heavy atom. The maximum absolute atomic E-state index is 12.7. The van der Waals surface area contributed by atoms with Crippen LogP contribution in [0.4, 0.5) is 13.2 Å². The molecule has 0 saturated heterocycles. The van der Waals surface area contributed by atoms with E-state index < -0.39 is 17.6 Å². The number of terminal acetylenes is 1. The standard InChI is InChI=1S/C14H13BrF3NO/c1-2-3-4-5-8-19-13(20)10-6-7-12(15)11(9-10)14(16,17)18/h1,6-7,9H,3-5,8H2,(H,19,20). The van der Waals surface area contributed by atoms with E-state index in [9.17, 15) is 18.0 Å². The molecule has 0 radical (unpaired) electrons. The third-order valence-electron chi connectivity index (χ3n) is 2.57. The Morgan fingerprint density at radius 1 is 1.35 bits per heavy atom. The first-order chi connectivity index (χ1) is 9.36. The van der Waals surface area contributed by atoms with Crippen LogP contribution in [-0.2, 0) is 6.18 Å². The minimum Gasteiger partial charge on any atom is -0.352 e. The van der Waals surface area contributed by atoms with Crippen molar-refractivity contribution in [2.75, 3.05) is 6.54 Å². The number of carbonyl (C=O) groups is 1. The number of nitrogens with one attached hydrogen (secondary N) is 1. The molecular weight excluding hydrogens is 335 g/mol. The van der Waals surface area contributed by atoms with Crippen LogP contribution in [0.2, 0.25) is 0 Å². The van der Waals surface area contributed by atoms with Gasteiger partial charge in [-0.3, -0.25) is 4.79 Å². The van der Waals surface area contributed by atoms with Crippen LogP contribution in [0.3, 0.4) is 0 Å². The lowest BCUT2D eigenvalue weighted by molar-refractivity contribution is -0.138. The van der Waals surface area contributed by atoms with Gasteiger partial charge in [0, 0.05) is 23.0 Å². The predicted molar refractivity (Wildman–Crippen MR) is 74.2 cm³/mol. The molecule has 20 heavy (non-hydrogen) atoms. The summed E-state index contributed by atoms with van der Waals surface area (Å²) in [4.78, 5) is 11.7. The van der Waals surface area contributed by atoms with Crippen LogP contribution in [0.25, 0.3) is 0 Å². The number of hydrogen-bond donors (Lipinski definition) is 1. The van der Waals surface area contributed by atoms with Crippen molar-refractivity contribution in [1.82, 2.24) is 5.32 Å². The van der Waals surface area contributed by atoms with Crippen LogP contribution in [0.15, 0.2) is 22.7 Å². The fraction of sp³-hybridized carbons (Fsp3) is 0.357. The number of carbonyl (C=O) groups excluding carboxylic acids is 1. The summed E-state index contributed by atoms with van der Waals surface area (Å²) in [5, 5.41) is 2.57. The van der Waals surface area contributed by atoms with E-state index in [1.165, 1.54) is 12.1 Å². The molecule has 0 bridgehead atoms. The van der Waals surface area contributed by atoms with Crippen molar-refractivity contribution in [2.24, 2.45) is 0 Å². The topological polar surface area (TPSA) is 29.1 Å². The summed E-state index contributed by atoms with van der Waals surface area (Å²) in [6, 6.07) is 3.40. The Bertz CT molecular complexity index is 520. The molecule has 2 nitrogen and oxygen atoms in total. The maximum atomic E-state index is 12.7. The highest BCUT2D eigenvalue weighted by atomic mass is 79.9. The number of amides is 1. The minimum absolute atomic E-state index is 0.0162. The highest BCUT2D eigenvalue weighted by molar-refractivity contribution is 9.10. The molecule has 1 aromatic carbocycles. The zero-order valence-electron chi connectivity index (χ0n) is 10.6. The molecule has 0 unspecified atom stereocenters. The SMILES string of the molecule is C#CCCCCNC(=O)c1ccc(Br)c(C(F)(F)F)c1. The van der Waals surface area contributed by atoms with E-state index in [4.69, 9.17) is 6.42 Å². The molecule has 0 aliphatic heterocycles. The lowest BCUT2D eigenvalue weighted by Gasteiger charge is -2.11. The highest BCUT2D eigenvalue weighted by Crippen LogP contribution is 2.35. The lowest BCUT2D eigenvalue weighted by Crippen LogP contribution is -2.24. The Hall–Kier alpha value is -1.48. The van der Waals surface area contributed by atoms with Crippen molar-refractivity contribution in [1.29, 1.82) is 0 Å². The van der Waals surface area contributed by atoms with Crippen molar-refractivity contribution in [2.45, 2.75) is 25.4 Å². The molecular formula is C14H13BrF3NO. The molecule has 0 aliphatic rings. The van der Waals surface area contributed by atoms with Crippen LogP contribution in [0.1, 0.15) is 35.2 Å². The number of halogens is 4. The third kappa shape index (κ3) is 4.89. The first-order valence-electron chi connectivity index (χ1n) is 5.94. The van der Waals surface area contributed by atoms with Gasteiger partial charge in [-0.25, -0.2) is 0 Å². The molecule has 0 aromatic heterocycles. The smallest absolute Gasteiger partial charge is 0.352 e. The summed E-state index contributed by atoms with van der Waals surface area (Å²) >= 11 is 2.83. The minimum atomic E-state index is -4.50. The molecule has 1 rings (SSSR count). The van der Waals surface area contributed by atoms with Gasteiger partial charge in [-0.05, 0) is 31.0 Å². The highest BCUT2D eigenvalue weighted by Gasteiger charge is 2.33. The molecule has 1 amide bonds. The first kappa shape index (κ1) is 16.6. The molecule has 108 valence electrons. The van der Waals surface area contributed by atoms with Gasteiger partial charge in [0.1, 0.15) is 0 Å². The fourth-order valence-electron chi connectivity index (χ4n) is 1.54. The van der Waals surface area contributed by atoms with Crippen molar-refractivity contribution in [3.8, 4) is 12.3 Å². The van der Waals surface area contributed by atoms with Gasteiger partial charge in [0.25, 0.3) is 5.91 Å². The normalized spacial score (nSPS) is 10.9. The van der Waals surface area contributed by atoms with E-state index in [-0.39, 0.29) is 10.0 Å². The monoisotopic (exact) mass is 347 g/mol. The third-order valence-corrected chi connectivity index (χ3v) is 3.26. The van der Waals surface area contributed by atoms with Gasteiger partial charge in [0.2, 0.25) is 0 Å². The Labute approximate surface area is 123 Å². The summed E-state index contributed by atoms with van der Waals surface area (Å²) < 4.78 is 38.0. The van der Waals surface area contributed by atoms with Crippen molar-refractivity contribution in [3.05, 3.63) is 33.8 Å². The van der Waals surface area contributed by atoms with E-state index in [0.29, 0.717) is 19.4 Å². The average molecular weight is 348 g/mol. The van der Waals surface area contributed by atoms with Crippen molar-refractivity contribution >= 4 is 21.8 Å². The van der Waals surface area contributed by atoms with Gasteiger partial charge in [-0.2, -0.15) is 13.2 Å². The van der Waals surface area contributed by atoms with E-state index in [1.807, 2.05) is 0 Å². The second-order valence-corrected chi connectivity index (χ2v) is 4.96. The zero-order chi connectivity index (χ0) is 15.2. The molecule has 0 aliphatic carbocycles. The molecule has 0 spiro atoms. The first-order valence-corrected chi connectivity index (χ1v) is 6.74. The van der Waals surface area contributed by atoms with Gasteiger partial charge in [0.05, 0.1) is 5.56 Å². The maximum Gasteiger partial charge on any atom is 0.417 e. The Morgan fingerprint density at radius 3 is 2.65 bits per heavy atom. The summed E-state index contributed by atoms with van der Waals surface area (Å²) in [5.41, 5.74) is -0.880. The molecule has 0 atom stereocenters. The van der Waals surface area contributed by atoms with Crippen molar-refractivity contribution < 1.29 is 18.0 Å². The van der Waals surface area contributed by atoms with Crippen LogP contribution in [0.5, 0.6) is 0 Å². The second-order valence-electron chi connectivity index (χ2n) is 4.11. The number of unbranched alkanes of at least 4 members (excludes halogenated alkanes) is 2. The van der Waals surface area contributed by atoms with Crippen LogP contribution < -0.4 is 5.32 Å². The van der Waals surface area contributed by atoms with Crippen LogP contribution in [-0.4, -0.2) is 12.5 Å². The van der Waals surface area contributed by atoms with E-state index in [1.54, 1.807) is 0 Å². The van der Waals surface area contributed by atoms with Gasteiger partial charge in [-0.1, -0.05) is 15.9 Å². The summed E-state index contributed by atoms with van der Waals surface area (Å²) in [6.45, 7) is 0.387. The summed E-state index contributed by atoms with van der Waals surface area (Å²) in [7, 11) is 0. The Balaban J connectivity index is 2.68. The van der Waals surface area contributed by atoms with Gasteiger partial charge >= 0.3 is 6.18 Å². The Kier molecular flexibility index (Phi) is 6.08. The van der Waals surface area contributed by atoms with E-state index in [0.717, 1.165) is 12.5 Å². The summed E-state index contributed by atoms with van der Waals surface area (Å²) in [6.07, 6.45) is 2.67. The second kappa shape index (κ2) is 7.34. The quantitative estimate of drug-likeness (QED) is 0.633. The summed E-state index contributed by atoms with van der Waals surface area (Å²) in [5.74, 6) is 1.95. The van der Waals surface area contributed by atoms with Gasteiger partial charge in [-0.15, -0.1) is 12.3 Å². The number of benzene rings is 1. The van der Waals surface area contributed by atoms with Gasteiger partial charge in [0.15, 0.2) is 0 Å². The molecule has 1 N–H and O–H groups in total. The van der Waals surface area contributed by atoms with E-state index >= 15 is 0 Å². The van der Waals surface area contributed by atoms with Crippen LogP contribution in [0, 0.1) is 12.3 Å². The van der Waals surface area contributed by atoms with Crippen molar-refractivity contribution in [3.63, 3.8) is 0 Å². The molecule has 6 heteroatoms.